The highest BCUT2D eigenvalue weighted by Gasteiger charge is 2.38. The Morgan fingerprint density at radius 2 is 2.00 bits per heavy atom. The van der Waals surface area contributed by atoms with Crippen LogP contribution >= 0.6 is 0 Å². The Balaban J connectivity index is 2.77. The molecule has 1 atom stereocenters. The molecule has 1 aliphatic rings. The molecule has 2 amide bonds. The standard InChI is InChI=1S/C10H19N3O2/c1-10(2,3)9(15)13-6-4-5-7(13)8(14)12-11/h7H,4-6,11H2,1-3H3,(H,12,14)/t7-/m0/s1. The lowest BCUT2D eigenvalue weighted by atomic mass is 9.94. The Morgan fingerprint density at radius 1 is 1.40 bits per heavy atom. The van der Waals surface area contributed by atoms with Gasteiger partial charge in [-0.05, 0) is 12.8 Å². The lowest BCUT2D eigenvalue weighted by molar-refractivity contribution is -0.144. The van der Waals surface area contributed by atoms with E-state index in [0.717, 1.165) is 6.42 Å². The van der Waals surface area contributed by atoms with Crippen LogP contribution in [0.25, 0.3) is 0 Å². The third-order valence-electron chi connectivity index (χ3n) is 2.60. The first-order valence-electron chi connectivity index (χ1n) is 5.19. The quantitative estimate of drug-likeness (QED) is 0.366. The second-order valence-electron chi connectivity index (χ2n) is 4.92. The number of rotatable bonds is 1. The molecule has 5 heteroatoms. The van der Waals surface area contributed by atoms with Crippen molar-refractivity contribution in [2.45, 2.75) is 39.7 Å². The number of nitrogens with two attached hydrogens (primary N) is 1. The van der Waals surface area contributed by atoms with Crippen LogP contribution in [0.1, 0.15) is 33.6 Å². The van der Waals surface area contributed by atoms with Crippen molar-refractivity contribution in [3.8, 4) is 0 Å². The summed E-state index contributed by atoms with van der Waals surface area (Å²) < 4.78 is 0. The van der Waals surface area contributed by atoms with Crippen LogP contribution in [0.2, 0.25) is 0 Å². The van der Waals surface area contributed by atoms with Gasteiger partial charge in [0.15, 0.2) is 0 Å². The van der Waals surface area contributed by atoms with E-state index in [4.69, 9.17) is 5.84 Å². The summed E-state index contributed by atoms with van der Waals surface area (Å²) in [6.45, 7) is 6.20. The summed E-state index contributed by atoms with van der Waals surface area (Å²) in [6.07, 6.45) is 1.56. The lowest BCUT2D eigenvalue weighted by Gasteiger charge is -2.29. The van der Waals surface area contributed by atoms with Gasteiger partial charge in [-0.25, -0.2) is 5.84 Å². The van der Waals surface area contributed by atoms with E-state index in [1.165, 1.54) is 0 Å². The number of hydrogen-bond donors (Lipinski definition) is 2. The molecule has 0 aromatic rings. The molecule has 1 fully saturated rings. The van der Waals surface area contributed by atoms with Gasteiger partial charge in [-0.1, -0.05) is 20.8 Å². The number of nitrogens with zero attached hydrogens (tertiary/aromatic N) is 1. The monoisotopic (exact) mass is 213 g/mol. The zero-order valence-corrected chi connectivity index (χ0v) is 9.54. The van der Waals surface area contributed by atoms with Gasteiger partial charge in [-0.3, -0.25) is 15.0 Å². The Labute approximate surface area is 90.0 Å². The maximum absolute atomic E-state index is 12.0. The largest absolute Gasteiger partial charge is 0.330 e. The second kappa shape index (κ2) is 4.18. The fraction of sp³-hybridized carbons (Fsp3) is 0.800. The van der Waals surface area contributed by atoms with E-state index in [2.05, 4.69) is 5.43 Å². The molecule has 15 heavy (non-hydrogen) atoms. The first-order valence-corrected chi connectivity index (χ1v) is 5.19. The van der Waals surface area contributed by atoms with Crippen molar-refractivity contribution in [2.75, 3.05) is 6.54 Å². The molecular formula is C10H19N3O2. The average Bonchev–Trinajstić information content (AvgIpc) is 2.62. The van der Waals surface area contributed by atoms with E-state index in [-0.39, 0.29) is 17.9 Å². The van der Waals surface area contributed by atoms with Crippen molar-refractivity contribution in [2.24, 2.45) is 11.3 Å². The van der Waals surface area contributed by atoms with Crippen LogP contribution in [0, 0.1) is 5.41 Å². The van der Waals surface area contributed by atoms with Crippen LogP contribution in [0.15, 0.2) is 0 Å². The van der Waals surface area contributed by atoms with Crippen molar-refractivity contribution in [3.63, 3.8) is 0 Å². The SMILES string of the molecule is CC(C)(C)C(=O)N1CCC[C@H]1C(=O)NN. The van der Waals surface area contributed by atoms with Gasteiger partial charge in [0.1, 0.15) is 6.04 Å². The molecule has 0 aliphatic carbocycles. The summed E-state index contributed by atoms with van der Waals surface area (Å²) in [7, 11) is 0. The van der Waals surface area contributed by atoms with Crippen molar-refractivity contribution in [1.82, 2.24) is 10.3 Å². The van der Waals surface area contributed by atoms with E-state index in [1.54, 1.807) is 4.90 Å². The van der Waals surface area contributed by atoms with Crippen LogP contribution in [-0.2, 0) is 9.59 Å². The molecule has 1 aliphatic heterocycles. The van der Waals surface area contributed by atoms with E-state index >= 15 is 0 Å². The highest BCUT2D eigenvalue weighted by molar-refractivity contribution is 5.89. The number of likely N-dealkylation sites (tertiary alicyclic amines) is 1. The number of hydrazine groups is 1. The van der Waals surface area contributed by atoms with Gasteiger partial charge >= 0.3 is 0 Å². The first-order chi connectivity index (χ1) is 6.88. The Bertz CT molecular complexity index is 270. The summed E-state index contributed by atoms with van der Waals surface area (Å²) in [6, 6.07) is -0.387. The number of carbonyl (C=O) groups is 2. The maximum atomic E-state index is 12.0. The molecule has 3 N–H and O–H groups in total. The zero-order chi connectivity index (χ0) is 11.6. The van der Waals surface area contributed by atoms with Crippen LogP contribution in [0.4, 0.5) is 0 Å². The van der Waals surface area contributed by atoms with Gasteiger partial charge in [0.2, 0.25) is 5.91 Å². The summed E-state index contributed by atoms with van der Waals surface area (Å²) in [4.78, 5) is 25.1. The van der Waals surface area contributed by atoms with Crippen LogP contribution in [0.5, 0.6) is 0 Å². The van der Waals surface area contributed by atoms with Crippen molar-refractivity contribution in [1.29, 1.82) is 0 Å². The highest BCUT2D eigenvalue weighted by atomic mass is 16.2. The Morgan fingerprint density at radius 3 is 2.47 bits per heavy atom. The molecule has 1 saturated heterocycles. The summed E-state index contributed by atoms with van der Waals surface area (Å²) >= 11 is 0. The molecule has 1 heterocycles. The summed E-state index contributed by atoms with van der Waals surface area (Å²) in [5, 5.41) is 0. The van der Waals surface area contributed by atoms with Gasteiger partial charge in [0, 0.05) is 12.0 Å². The Kier molecular flexibility index (Phi) is 3.34. The van der Waals surface area contributed by atoms with Crippen LogP contribution < -0.4 is 11.3 Å². The molecule has 0 radical (unpaired) electrons. The van der Waals surface area contributed by atoms with Gasteiger partial charge in [0.25, 0.3) is 5.91 Å². The fourth-order valence-corrected chi connectivity index (χ4v) is 1.81. The zero-order valence-electron chi connectivity index (χ0n) is 9.54. The molecular weight excluding hydrogens is 194 g/mol. The second-order valence-corrected chi connectivity index (χ2v) is 4.92. The van der Waals surface area contributed by atoms with Gasteiger partial charge in [-0.15, -0.1) is 0 Å². The van der Waals surface area contributed by atoms with Crippen LogP contribution in [-0.4, -0.2) is 29.3 Å². The van der Waals surface area contributed by atoms with E-state index < -0.39 is 5.41 Å². The topological polar surface area (TPSA) is 75.4 Å². The number of amides is 2. The predicted octanol–water partition coefficient (Wildman–Crippen LogP) is 0.0134. The van der Waals surface area contributed by atoms with Crippen molar-refractivity contribution in [3.05, 3.63) is 0 Å². The third-order valence-corrected chi connectivity index (χ3v) is 2.60. The number of carbonyl (C=O) groups excluding carboxylic acids is 2. The summed E-state index contributed by atoms with van der Waals surface area (Å²) in [5.41, 5.74) is 1.66. The average molecular weight is 213 g/mol. The molecule has 1 rings (SSSR count). The minimum atomic E-state index is -0.447. The molecule has 0 bridgehead atoms. The van der Waals surface area contributed by atoms with Crippen molar-refractivity contribution < 1.29 is 9.59 Å². The molecule has 0 saturated carbocycles. The Hall–Kier alpha value is -1.10. The van der Waals surface area contributed by atoms with Gasteiger partial charge < -0.3 is 4.90 Å². The lowest BCUT2D eigenvalue weighted by Crippen LogP contribution is -2.50. The van der Waals surface area contributed by atoms with E-state index in [1.807, 2.05) is 20.8 Å². The normalized spacial score (nSPS) is 21.6. The first kappa shape index (κ1) is 12.0. The third kappa shape index (κ3) is 2.47. The predicted molar refractivity (Wildman–Crippen MR) is 56.5 cm³/mol. The molecule has 0 aromatic heterocycles. The molecule has 5 nitrogen and oxygen atoms in total. The summed E-state index contributed by atoms with van der Waals surface area (Å²) in [5.74, 6) is 4.82. The smallest absolute Gasteiger partial charge is 0.256 e. The molecule has 0 spiro atoms. The highest BCUT2D eigenvalue weighted by Crippen LogP contribution is 2.25. The van der Waals surface area contributed by atoms with Crippen molar-refractivity contribution >= 4 is 11.8 Å². The minimum absolute atomic E-state index is 0.00796. The minimum Gasteiger partial charge on any atom is -0.330 e. The number of hydrogen-bond acceptors (Lipinski definition) is 3. The van der Waals surface area contributed by atoms with Gasteiger partial charge in [0.05, 0.1) is 0 Å². The molecule has 0 aromatic carbocycles. The molecule has 86 valence electrons. The van der Waals surface area contributed by atoms with E-state index in [0.29, 0.717) is 13.0 Å². The van der Waals surface area contributed by atoms with Crippen LogP contribution in [0.3, 0.4) is 0 Å². The molecule has 0 unspecified atom stereocenters. The number of nitrogens with one attached hydrogen (secondary N) is 1. The fourth-order valence-electron chi connectivity index (χ4n) is 1.81. The van der Waals surface area contributed by atoms with E-state index in [9.17, 15) is 9.59 Å². The maximum Gasteiger partial charge on any atom is 0.256 e. The van der Waals surface area contributed by atoms with Gasteiger partial charge in [-0.2, -0.15) is 0 Å².